The van der Waals surface area contributed by atoms with Gasteiger partial charge < -0.3 is 15.6 Å². The highest BCUT2D eigenvalue weighted by atomic mass is 32.1. The van der Waals surface area contributed by atoms with E-state index in [1.807, 2.05) is 36.7 Å². The average Bonchev–Trinajstić information content (AvgIpc) is 2.88. The minimum absolute atomic E-state index is 0.152. The van der Waals surface area contributed by atoms with E-state index >= 15 is 0 Å². The molecule has 0 unspecified atom stereocenters. The zero-order valence-corrected chi connectivity index (χ0v) is 12.3. The van der Waals surface area contributed by atoms with Gasteiger partial charge in [0.15, 0.2) is 0 Å². The predicted molar refractivity (Wildman–Crippen MR) is 79.9 cm³/mol. The fourth-order valence-electron chi connectivity index (χ4n) is 1.91. The number of aromatic nitrogens is 1. The van der Waals surface area contributed by atoms with Gasteiger partial charge in [0.2, 0.25) is 0 Å². The molecular formula is C14H17N3O2S. The van der Waals surface area contributed by atoms with Crippen LogP contribution in [0.25, 0.3) is 0 Å². The fraction of sp³-hybridized carbons (Fsp3) is 0.286. The maximum atomic E-state index is 11.8. The number of nitrogens with one attached hydrogen (secondary N) is 3. The van der Waals surface area contributed by atoms with Gasteiger partial charge in [0.1, 0.15) is 0 Å². The zero-order chi connectivity index (χ0) is 14.5. The molecule has 2 rings (SSSR count). The van der Waals surface area contributed by atoms with E-state index in [4.69, 9.17) is 0 Å². The van der Waals surface area contributed by atoms with Crippen molar-refractivity contribution in [3.63, 3.8) is 0 Å². The smallest absolute Gasteiger partial charge is 0.315 e. The van der Waals surface area contributed by atoms with Gasteiger partial charge in [0, 0.05) is 17.8 Å². The van der Waals surface area contributed by atoms with Gasteiger partial charge in [0.25, 0.3) is 5.56 Å². The van der Waals surface area contributed by atoms with Crippen LogP contribution in [0.4, 0.5) is 4.79 Å². The number of hydrogen-bond acceptors (Lipinski definition) is 3. The molecule has 0 atom stereocenters. The summed E-state index contributed by atoms with van der Waals surface area (Å²) in [5.41, 5.74) is 3.19. The van der Waals surface area contributed by atoms with Crippen molar-refractivity contribution in [1.82, 2.24) is 15.6 Å². The van der Waals surface area contributed by atoms with Crippen molar-refractivity contribution in [1.29, 1.82) is 0 Å². The Morgan fingerprint density at radius 1 is 1.30 bits per heavy atom. The molecule has 106 valence electrons. The van der Waals surface area contributed by atoms with E-state index in [0.717, 1.165) is 16.8 Å². The monoisotopic (exact) mass is 291 g/mol. The summed E-state index contributed by atoms with van der Waals surface area (Å²) in [5, 5.41) is 9.39. The molecule has 0 bridgehead atoms. The maximum absolute atomic E-state index is 11.8. The molecule has 0 aliphatic carbocycles. The van der Waals surface area contributed by atoms with Crippen LogP contribution >= 0.6 is 11.3 Å². The molecule has 2 aromatic heterocycles. The van der Waals surface area contributed by atoms with Gasteiger partial charge >= 0.3 is 6.03 Å². The molecule has 0 aliphatic rings. The van der Waals surface area contributed by atoms with Gasteiger partial charge in [0.05, 0.1) is 6.54 Å². The Bertz CT molecular complexity index is 647. The molecule has 2 heterocycles. The molecule has 0 aliphatic heterocycles. The van der Waals surface area contributed by atoms with Crippen LogP contribution in [0.2, 0.25) is 0 Å². The van der Waals surface area contributed by atoms with Crippen molar-refractivity contribution in [3.8, 4) is 0 Å². The van der Waals surface area contributed by atoms with Gasteiger partial charge in [-0.15, -0.1) is 0 Å². The van der Waals surface area contributed by atoms with E-state index in [1.54, 1.807) is 11.3 Å². The summed E-state index contributed by atoms with van der Waals surface area (Å²) < 4.78 is 0. The van der Waals surface area contributed by atoms with Crippen molar-refractivity contribution < 1.29 is 4.79 Å². The van der Waals surface area contributed by atoms with Gasteiger partial charge in [-0.2, -0.15) is 11.3 Å². The van der Waals surface area contributed by atoms with Crippen molar-refractivity contribution in [2.24, 2.45) is 0 Å². The van der Waals surface area contributed by atoms with Crippen LogP contribution in [0.15, 0.2) is 27.7 Å². The normalized spacial score (nSPS) is 10.3. The van der Waals surface area contributed by atoms with Crippen molar-refractivity contribution in [3.05, 3.63) is 55.6 Å². The molecule has 0 radical (unpaired) electrons. The highest BCUT2D eigenvalue weighted by Crippen LogP contribution is 2.05. The molecule has 20 heavy (non-hydrogen) atoms. The SMILES string of the molecule is Cc1cc(C)c(CNC(=O)NCc2ccsc2)c(=O)[nH]1. The van der Waals surface area contributed by atoms with E-state index in [2.05, 4.69) is 15.6 Å². The fourth-order valence-corrected chi connectivity index (χ4v) is 2.58. The maximum Gasteiger partial charge on any atom is 0.315 e. The van der Waals surface area contributed by atoms with E-state index < -0.39 is 0 Å². The molecule has 0 aromatic carbocycles. The lowest BCUT2D eigenvalue weighted by atomic mass is 10.1. The zero-order valence-electron chi connectivity index (χ0n) is 11.4. The molecule has 2 aromatic rings. The van der Waals surface area contributed by atoms with E-state index in [0.29, 0.717) is 12.1 Å². The number of aromatic amines is 1. The van der Waals surface area contributed by atoms with Gasteiger partial charge in [-0.1, -0.05) is 0 Å². The lowest BCUT2D eigenvalue weighted by Gasteiger charge is -2.09. The number of urea groups is 1. The largest absolute Gasteiger partial charge is 0.334 e. The first-order valence-electron chi connectivity index (χ1n) is 6.28. The first kappa shape index (κ1) is 14.3. The van der Waals surface area contributed by atoms with Crippen LogP contribution in [-0.2, 0) is 13.1 Å². The number of amides is 2. The number of pyridine rings is 1. The Morgan fingerprint density at radius 2 is 2.05 bits per heavy atom. The lowest BCUT2D eigenvalue weighted by Crippen LogP contribution is -2.36. The minimum atomic E-state index is -0.282. The number of rotatable bonds is 4. The molecule has 2 amide bonds. The quantitative estimate of drug-likeness (QED) is 0.806. The molecular weight excluding hydrogens is 274 g/mol. The Hall–Kier alpha value is -2.08. The van der Waals surface area contributed by atoms with Crippen LogP contribution in [0.5, 0.6) is 0 Å². The molecule has 5 nitrogen and oxygen atoms in total. The highest BCUT2D eigenvalue weighted by Gasteiger charge is 2.07. The third-order valence-electron chi connectivity index (χ3n) is 2.95. The van der Waals surface area contributed by atoms with Crippen LogP contribution < -0.4 is 16.2 Å². The van der Waals surface area contributed by atoms with E-state index in [-0.39, 0.29) is 18.1 Å². The summed E-state index contributed by atoms with van der Waals surface area (Å²) in [5.74, 6) is 0. The number of carbonyl (C=O) groups is 1. The Kier molecular flexibility index (Phi) is 4.57. The van der Waals surface area contributed by atoms with E-state index in [9.17, 15) is 9.59 Å². The molecule has 0 saturated carbocycles. The van der Waals surface area contributed by atoms with Crippen LogP contribution in [0, 0.1) is 13.8 Å². The van der Waals surface area contributed by atoms with Gasteiger partial charge in [-0.25, -0.2) is 4.79 Å². The van der Waals surface area contributed by atoms with Crippen LogP contribution in [0.3, 0.4) is 0 Å². The standard InChI is InChI=1S/C14H17N3O2S/c1-9-5-10(2)17-13(18)12(9)7-16-14(19)15-6-11-3-4-20-8-11/h3-5,8H,6-7H2,1-2H3,(H,17,18)(H2,15,16,19). The molecule has 0 saturated heterocycles. The summed E-state index contributed by atoms with van der Waals surface area (Å²) in [6.45, 7) is 4.40. The number of aryl methyl sites for hydroxylation is 2. The third-order valence-corrected chi connectivity index (χ3v) is 3.68. The molecule has 3 N–H and O–H groups in total. The predicted octanol–water partition coefficient (Wildman–Crippen LogP) is 2.05. The highest BCUT2D eigenvalue weighted by molar-refractivity contribution is 7.07. The summed E-state index contributed by atoms with van der Waals surface area (Å²) in [6, 6.07) is 3.57. The molecule has 6 heteroatoms. The van der Waals surface area contributed by atoms with Crippen molar-refractivity contribution >= 4 is 17.4 Å². The van der Waals surface area contributed by atoms with Gasteiger partial charge in [-0.3, -0.25) is 4.79 Å². The van der Waals surface area contributed by atoms with Crippen LogP contribution in [0.1, 0.15) is 22.4 Å². The van der Waals surface area contributed by atoms with E-state index in [1.165, 1.54) is 0 Å². The Balaban J connectivity index is 1.89. The van der Waals surface area contributed by atoms with Crippen molar-refractivity contribution in [2.75, 3.05) is 0 Å². The second kappa shape index (κ2) is 6.38. The topological polar surface area (TPSA) is 74.0 Å². The second-order valence-electron chi connectivity index (χ2n) is 4.61. The first-order valence-corrected chi connectivity index (χ1v) is 7.22. The third kappa shape index (κ3) is 3.71. The van der Waals surface area contributed by atoms with Crippen molar-refractivity contribution in [2.45, 2.75) is 26.9 Å². The van der Waals surface area contributed by atoms with Crippen LogP contribution in [-0.4, -0.2) is 11.0 Å². The number of hydrogen-bond donors (Lipinski definition) is 3. The molecule has 0 fully saturated rings. The average molecular weight is 291 g/mol. The summed E-state index contributed by atoms with van der Waals surface area (Å²) in [4.78, 5) is 26.2. The van der Waals surface area contributed by atoms with Gasteiger partial charge in [-0.05, 0) is 47.9 Å². The number of carbonyl (C=O) groups excluding carboxylic acids is 1. The Morgan fingerprint density at radius 3 is 2.70 bits per heavy atom. The summed E-state index contributed by atoms with van der Waals surface area (Å²) >= 11 is 1.59. The number of thiophene rings is 1. The Labute approximate surface area is 121 Å². The summed E-state index contributed by atoms with van der Waals surface area (Å²) in [6.07, 6.45) is 0. The molecule has 0 spiro atoms. The first-order chi connectivity index (χ1) is 9.56. The number of H-pyrrole nitrogens is 1. The lowest BCUT2D eigenvalue weighted by molar-refractivity contribution is 0.240. The second-order valence-corrected chi connectivity index (χ2v) is 5.39. The summed E-state index contributed by atoms with van der Waals surface area (Å²) in [7, 11) is 0. The minimum Gasteiger partial charge on any atom is -0.334 e.